The van der Waals surface area contributed by atoms with Gasteiger partial charge in [0.15, 0.2) is 0 Å². The van der Waals surface area contributed by atoms with Gasteiger partial charge in [-0.2, -0.15) is 5.10 Å². The number of rotatable bonds is 3. The number of nitrogens with zero attached hydrogens (tertiary/aromatic N) is 2. The Morgan fingerprint density at radius 2 is 2.17 bits per heavy atom. The number of benzene rings is 1. The van der Waals surface area contributed by atoms with E-state index >= 15 is 0 Å². The van der Waals surface area contributed by atoms with Crippen LogP contribution in [0.4, 0.5) is 5.82 Å². The minimum Gasteiger partial charge on any atom is -0.378 e. The number of hydrogen-bond acceptors (Lipinski definition) is 3. The number of fused-ring (bicyclic) bond motifs is 1. The van der Waals surface area contributed by atoms with Crippen molar-refractivity contribution in [1.82, 2.24) is 9.78 Å². The summed E-state index contributed by atoms with van der Waals surface area (Å²) in [4.78, 5) is 0. The van der Waals surface area contributed by atoms with E-state index in [1.54, 1.807) is 7.11 Å². The highest BCUT2D eigenvalue weighted by atomic mass is 127. The zero-order valence-electron chi connectivity index (χ0n) is 10.1. The molecule has 1 N–H and O–H groups in total. The summed E-state index contributed by atoms with van der Waals surface area (Å²) in [7, 11) is 1.71. The molecule has 1 aliphatic heterocycles. The van der Waals surface area contributed by atoms with Crippen molar-refractivity contribution in [2.24, 2.45) is 0 Å². The van der Waals surface area contributed by atoms with Crippen LogP contribution in [0.1, 0.15) is 11.3 Å². The summed E-state index contributed by atoms with van der Waals surface area (Å²) >= 11 is 2.31. The molecule has 2 aromatic rings. The van der Waals surface area contributed by atoms with Crippen molar-refractivity contribution in [2.75, 3.05) is 19.0 Å². The van der Waals surface area contributed by atoms with Gasteiger partial charge >= 0.3 is 0 Å². The number of ether oxygens (including phenoxy) is 1. The van der Waals surface area contributed by atoms with Crippen LogP contribution < -0.4 is 5.32 Å². The second-order valence-electron chi connectivity index (χ2n) is 4.27. The maximum atomic E-state index is 5.22. The van der Waals surface area contributed by atoms with Crippen molar-refractivity contribution in [2.45, 2.75) is 13.0 Å². The normalized spacial score (nSPS) is 13.4. The molecular weight excluding hydrogens is 341 g/mol. The van der Waals surface area contributed by atoms with Gasteiger partial charge in [-0.05, 0) is 53.3 Å². The molecule has 94 valence electrons. The molecule has 4 nitrogen and oxygen atoms in total. The van der Waals surface area contributed by atoms with Crippen LogP contribution >= 0.6 is 22.6 Å². The number of nitrogens with one attached hydrogen (secondary N) is 1. The van der Waals surface area contributed by atoms with Crippen LogP contribution in [0, 0.1) is 3.57 Å². The van der Waals surface area contributed by atoms with E-state index in [-0.39, 0.29) is 0 Å². The Labute approximate surface area is 119 Å². The van der Waals surface area contributed by atoms with Crippen LogP contribution in [0.15, 0.2) is 24.3 Å². The Morgan fingerprint density at radius 3 is 2.89 bits per heavy atom. The van der Waals surface area contributed by atoms with Gasteiger partial charge in [0, 0.05) is 22.8 Å². The Morgan fingerprint density at radius 1 is 1.39 bits per heavy atom. The molecule has 0 spiro atoms. The fourth-order valence-corrected chi connectivity index (χ4v) is 2.63. The van der Waals surface area contributed by atoms with E-state index in [0.29, 0.717) is 6.61 Å². The highest BCUT2D eigenvalue weighted by Crippen LogP contribution is 2.29. The lowest BCUT2D eigenvalue weighted by Gasteiger charge is -2.06. The summed E-state index contributed by atoms with van der Waals surface area (Å²) in [5.41, 5.74) is 3.41. The number of aromatic nitrogens is 2. The summed E-state index contributed by atoms with van der Waals surface area (Å²) in [6.07, 6.45) is 1.03. The Balaban J connectivity index is 2.07. The highest BCUT2D eigenvalue weighted by Gasteiger charge is 2.22. The monoisotopic (exact) mass is 355 g/mol. The van der Waals surface area contributed by atoms with Gasteiger partial charge < -0.3 is 10.1 Å². The minimum absolute atomic E-state index is 0.571. The van der Waals surface area contributed by atoms with Gasteiger partial charge in [-0.15, -0.1) is 0 Å². The third kappa shape index (κ3) is 2.01. The van der Waals surface area contributed by atoms with E-state index in [1.165, 1.54) is 9.13 Å². The van der Waals surface area contributed by atoms with E-state index in [2.05, 4.69) is 57.3 Å². The Bertz CT molecular complexity index is 562. The Hall–Kier alpha value is -1.08. The van der Waals surface area contributed by atoms with Gasteiger partial charge in [0.2, 0.25) is 0 Å². The zero-order chi connectivity index (χ0) is 12.5. The molecule has 1 aromatic carbocycles. The quantitative estimate of drug-likeness (QED) is 0.861. The van der Waals surface area contributed by atoms with Gasteiger partial charge in [0.05, 0.1) is 18.0 Å². The van der Waals surface area contributed by atoms with Gasteiger partial charge in [-0.25, -0.2) is 4.68 Å². The smallest absolute Gasteiger partial charge is 0.133 e. The van der Waals surface area contributed by atoms with Gasteiger partial charge in [0.25, 0.3) is 0 Å². The molecule has 3 rings (SSSR count). The van der Waals surface area contributed by atoms with Crippen LogP contribution in [0.2, 0.25) is 0 Å². The predicted octanol–water partition coefficient (Wildman–Crippen LogP) is 2.59. The van der Waals surface area contributed by atoms with Crippen molar-refractivity contribution < 1.29 is 4.74 Å². The fourth-order valence-electron chi connectivity index (χ4n) is 2.27. The van der Waals surface area contributed by atoms with E-state index in [1.807, 2.05) is 4.68 Å². The lowest BCUT2D eigenvalue weighted by molar-refractivity contribution is 0.180. The molecule has 0 atom stereocenters. The van der Waals surface area contributed by atoms with Gasteiger partial charge in [-0.1, -0.05) is 0 Å². The molecule has 0 amide bonds. The first-order valence-electron chi connectivity index (χ1n) is 5.89. The molecule has 0 fully saturated rings. The molecule has 18 heavy (non-hydrogen) atoms. The molecular formula is C13H14IN3O. The SMILES string of the molecule is COCc1nn(-c2ccc(I)cc2)c2c1CCN2. The highest BCUT2D eigenvalue weighted by molar-refractivity contribution is 14.1. The standard InChI is InChI=1S/C13H14IN3O/c1-18-8-12-11-6-7-15-13(11)17(16-12)10-4-2-9(14)3-5-10/h2-5,15H,6-8H2,1H3. The van der Waals surface area contributed by atoms with Gasteiger partial charge in [-0.3, -0.25) is 0 Å². The molecule has 1 aromatic heterocycles. The largest absolute Gasteiger partial charge is 0.378 e. The summed E-state index contributed by atoms with van der Waals surface area (Å²) < 4.78 is 8.42. The third-order valence-corrected chi connectivity index (χ3v) is 3.81. The van der Waals surface area contributed by atoms with Crippen molar-refractivity contribution in [1.29, 1.82) is 0 Å². The molecule has 0 bridgehead atoms. The molecule has 5 heteroatoms. The maximum Gasteiger partial charge on any atom is 0.133 e. The third-order valence-electron chi connectivity index (χ3n) is 3.09. The average molecular weight is 355 g/mol. The number of methoxy groups -OCH3 is 1. The molecule has 0 saturated heterocycles. The summed E-state index contributed by atoms with van der Waals surface area (Å²) in [5, 5.41) is 8.05. The first kappa shape index (κ1) is 12.0. The first-order valence-corrected chi connectivity index (χ1v) is 6.97. The van der Waals surface area contributed by atoms with Crippen molar-refractivity contribution in [3.63, 3.8) is 0 Å². The lowest BCUT2D eigenvalue weighted by Crippen LogP contribution is -2.05. The number of anilines is 1. The van der Waals surface area contributed by atoms with Crippen molar-refractivity contribution in [3.8, 4) is 5.69 Å². The van der Waals surface area contributed by atoms with Crippen LogP contribution in [-0.2, 0) is 17.8 Å². The van der Waals surface area contributed by atoms with E-state index in [9.17, 15) is 0 Å². The first-order chi connectivity index (χ1) is 8.79. The summed E-state index contributed by atoms with van der Waals surface area (Å²) in [5.74, 6) is 1.11. The van der Waals surface area contributed by atoms with Crippen LogP contribution in [0.3, 0.4) is 0 Å². The zero-order valence-corrected chi connectivity index (χ0v) is 12.3. The second kappa shape index (κ2) is 4.89. The molecule has 1 aliphatic rings. The van der Waals surface area contributed by atoms with Crippen LogP contribution in [-0.4, -0.2) is 23.4 Å². The lowest BCUT2D eigenvalue weighted by atomic mass is 10.2. The Kier molecular flexibility index (Phi) is 3.25. The average Bonchev–Trinajstić information content (AvgIpc) is 2.95. The van der Waals surface area contributed by atoms with E-state index in [0.717, 1.165) is 30.2 Å². The molecule has 0 aliphatic carbocycles. The van der Waals surface area contributed by atoms with E-state index in [4.69, 9.17) is 4.74 Å². The summed E-state index contributed by atoms with van der Waals surface area (Å²) in [6.45, 7) is 1.55. The predicted molar refractivity (Wildman–Crippen MR) is 79.2 cm³/mol. The van der Waals surface area contributed by atoms with Crippen LogP contribution in [0.25, 0.3) is 5.69 Å². The van der Waals surface area contributed by atoms with Crippen LogP contribution in [0.5, 0.6) is 0 Å². The van der Waals surface area contributed by atoms with Crippen molar-refractivity contribution in [3.05, 3.63) is 39.1 Å². The summed E-state index contributed by atoms with van der Waals surface area (Å²) in [6, 6.07) is 8.36. The fraction of sp³-hybridized carbons (Fsp3) is 0.308. The molecule has 0 radical (unpaired) electrons. The topological polar surface area (TPSA) is 39.1 Å². The van der Waals surface area contributed by atoms with E-state index < -0.39 is 0 Å². The minimum atomic E-state index is 0.571. The van der Waals surface area contributed by atoms with Gasteiger partial charge in [0.1, 0.15) is 5.82 Å². The van der Waals surface area contributed by atoms with Crippen molar-refractivity contribution >= 4 is 28.4 Å². The number of halogens is 1. The second-order valence-corrected chi connectivity index (χ2v) is 5.52. The molecule has 0 saturated carbocycles. The number of hydrogen-bond donors (Lipinski definition) is 1. The molecule has 0 unspecified atom stereocenters. The maximum absolute atomic E-state index is 5.22. The molecule has 2 heterocycles.